The number of anilines is 1. The lowest BCUT2D eigenvalue weighted by molar-refractivity contribution is -0.119. The van der Waals surface area contributed by atoms with E-state index in [2.05, 4.69) is 5.32 Å². The van der Waals surface area contributed by atoms with E-state index in [9.17, 15) is 9.59 Å². The molecule has 0 heterocycles. The molecule has 0 aromatic heterocycles. The second-order valence-corrected chi connectivity index (χ2v) is 7.20. The molecule has 0 aliphatic heterocycles. The number of carbonyl (C=O) groups is 2. The van der Waals surface area contributed by atoms with Gasteiger partial charge in [0.15, 0.2) is 6.61 Å². The van der Waals surface area contributed by atoms with Gasteiger partial charge in [-0.3, -0.25) is 4.79 Å². The standard InChI is InChI=1S/C22H18ClNO4S/c1-29-18-10-11-20(23)19(13-18)22(26)27-14-21(25)24-15-6-5-9-17(12-15)28-16-7-3-2-4-8-16/h2-13H,14H2,1H3,(H,24,25). The van der Waals surface area contributed by atoms with E-state index in [0.29, 0.717) is 17.2 Å². The molecule has 148 valence electrons. The first kappa shape index (κ1) is 20.8. The average Bonchev–Trinajstić information content (AvgIpc) is 2.73. The lowest BCUT2D eigenvalue weighted by atomic mass is 10.2. The van der Waals surface area contributed by atoms with Gasteiger partial charge in [-0.15, -0.1) is 11.8 Å². The van der Waals surface area contributed by atoms with Crippen molar-refractivity contribution < 1.29 is 19.1 Å². The zero-order valence-corrected chi connectivity index (χ0v) is 17.1. The Hall–Kier alpha value is -2.96. The summed E-state index contributed by atoms with van der Waals surface area (Å²) in [6.07, 6.45) is 1.89. The molecule has 29 heavy (non-hydrogen) atoms. The minimum atomic E-state index is -0.651. The summed E-state index contributed by atoms with van der Waals surface area (Å²) in [5.74, 6) is 0.149. The third-order valence-corrected chi connectivity index (χ3v) is 4.88. The molecule has 3 aromatic rings. The van der Waals surface area contributed by atoms with Crippen molar-refractivity contribution in [3.8, 4) is 11.5 Å². The summed E-state index contributed by atoms with van der Waals surface area (Å²) in [6.45, 7) is -0.428. The molecule has 0 fully saturated rings. The van der Waals surface area contributed by atoms with Gasteiger partial charge < -0.3 is 14.8 Å². The topological polar surface area (TPSA) is 64.6 Å². The fourth-order valence-electron chi connectivity index (χ4n) is 2.46. The Labute approximate surface area is 178 Å². The van der Waals surface area contributed by atoms with Crippen molar-refractivity contribution in [3.63, 3.8) is 0 Å². The molecule has 1 N–H and O–H groups in total. The molecule has 0 saturated carbocycles. The van der Waals surface area contributed by atoms with Gasteiger partial charge in [0.05, 0.1) is 10.6 Å². The van der Waals surface area contributed by atoms with Crippen LogP contribution in [0.15, 0.2) is 77.7 Å². The van der Waals surface area contributed by atoms with Crippen molar-refractivity contribution in [3.05, 3.63) is 83.4 Å². The maximum absolute atomic E-state index is 12.2. The number of nitrogens with one attached hydrogen (secondary N) is 1. The molecular formula is C22H18ClNO4S. The number of halogens is 1. The second-order valence-electron chi connectivity index (χ2n) is 5.91. The molecule has 1 amide bonds. The molecule has 0 aliphatic carbocycles. The van der Waals surface area contributed by atoms with Crippen molar-refractivity contribution in [2.75, 3.05) is 18.2 Å². The highest BCUT2D eigenvalue weighted by molar-refractivity contribution is 7.98. The van der Waals surface area contributed by atoms with Gasteiger partial charge in [0.2, 0.25) is 0 Å². The molecule has 7 heteroatoms. The van der Waals surface area contributed by atoms with Gasteiger partial charge in [-0.2, -0.15) is 0 Å². The first-order valence-electron chi connectivity index (χ1n) is 8.68. The van der Waals surface area contributed by atoms with E-state index in [1.165, 1.54) is 11.8 Å². The van der Waals surface area contributed by atoms with Gasteiger partial charge in [0.1, 0.15) is 11.5 Å². The highest BCUT2D eigenvalue weighted by Gasteiger charge is 2.15. The average molecular weight is 428 g/mol. The fourth-order valence-corrected chi connectivity index (χ4v) is 3.09. The van der Waals surface area contributed by atoms with E-state index in [1.54, 1.807) is 42.5 Å². The minimum absolute atomic E-state index is 0.226. The summed E-state index contributed by atoms with van der Waals surface area (Å²) >= 11 is 7.53. The Morgan fingerprint density at radius 2 is 1.72 bits per heavy atom. The molecule has 0 radical (unpaired) electrons. The van der Waals surface area contributed by atoms with Crippen LogP contribution in [-0.2, 0) is 9.53 Å². The molecule has 0 aliphatic rings. The SMILES string of the molecule is CSc1ccc(Cl)c(C(=O)OCC(=O)Nc2cccc(Oc3ccccc3)c2)c1. The predicted molar refractivity (Wildman–Crippen MR) is 115 cm³/mol. The van der Waals surface area contributed by atoms with Gasteiger partial charge in [0.25, 0.3) is 5.91 Å². The smallest absolute Gasteiger partial charge is 0.340 e. The summed E-state index contributed by atoms with van der Waals surface area (Å²) in [7, 11) is 0. The quantitative estimate of drug-likeness (QED) is 0.390. The Morgan fingerprint density at radius 1 is 0.966 bits per heavy atom. The number of amides is 1. The van der Waals surface area contributed by atoms with E-state index < -0.39 is 18.5 Å². The normalized spacial score (nSPS) is 10.3. The van der Waals surface area contributed by atoms with Crippen LogP contribution in [0.4, 0.5) is 5.69 Å². The van der Waals surface area contributed by atoms with E-state index in [4.69, 9.17) is 21.1 Å². The fraction of sp³-hybridized carbons (Fsp3) is 0.0909. The van der Waals surface area contributed by atoms with Crippen molar-refractivity contribution in [2.45, 2.75) is 4.90 Å². The third kappa shape index (κ3) is 6.01. The lowest BCUT2D eigenvalue weighted by Gasteiger charge is -2.10. The van der Waals surface area contributed by atoms with Crippen LogP contribution in [0.1, 0.15) is 10.4 Å². The number of para-hydroxylation sites is 1. The van der Waals surface area contributed by atoms with Crippen LogP contribution in [0, 0.1) is 0 Å². The van der Waals surface area contributed by atoms with E-state index in [0.717, 1.165) is 4.90 Å². The van der Waals surface area contributed by atoms with Gasteiger partial charge in [-0.05, 0) is 48.7 Å². The highest BCUT2D eigenvalue weighted by Crippen LogP contribution is 2.25. The molecule has 0 saturated heterocycles. The number of rotatable bonds is 7. The van der Waals surface area contributed by atoms with E-state index in [-0.39, 0.29) is 10.6 Å². The Bertz CT molecular complexity index is 1010. The van der Waals surface area contributed by atoms with Crippen molar-refractivity contribution >= 4 is 40.9 Å². The molecular weight excluding hydrogens is 410 g/mol. The van der Waals surface area contributed by atoms with Gasteiger partial charge in [0, 0.05) is 16.6 Å². The first-order chi connectivity index (χ1) is 14.0. The molecule has 0 bridgehead atoms. The summed E-state index contributed by atoms with van der Waals surface area (Å²) in [6, 6.07) is 21.3. The lowest BCUT2D eigenvalue weighted by Crippen LogP contribution is -2.21. The molecule has 3 aromatic carbocycles. The number of thioether (sulfide) groups is 1. The first-order valence-corrected chi connectivity index (χ1v) is 10.3. The summed E-state index contributed by atoms with van der Waals surface area (Å²) in [5.41, 5.74) is 0.756. The van der Waals surface area contributed by atoms with Gasteiger partial charge >= 0.3 is 5.97 Å². The van der Waals surface area contributed by atoms with Gasteiger partial charge in [-0.1, -0.05) is 35.9 Å². The molecule has 5 nitrogen and oxygen atoms in total. The largest absolute Gasteiger partial charge is 0.457 e. The van der Waals surface area contributed by atoms with Crippen molar-refractivity contribution in [1.29, 1.82) is 0 Å². The summed E-state index contributed by atoms with van der Waals surface area (Å²) < 4.78 is 10.8. The summed E-state index contributed by atoms with van der Waals surface area (Å²) in [4.78, 5) is 25.3. The van der Waals surface area contributed by atoms with Crippen LogP contribution in [0.5, 0.6) is 11.5 Å². The zero-order valence-electron chi connectivity index (χ0n) is 15.6. The van der Waals surface area contributed by atoms with Crippen LogP contribution in [-0.4, -0.2) is 24.7 Å². The highest BCUT2D eigenvalue weighted by atomic mass is 35.5. The van der Waals surface area contributed by atoms with Crippen LogP contribution in [0.3, 0.4) is 0 Å². The Kier molecular flexibility index (Phi) is 7.16. The number of benzene rings is 3. The van der Waals surface area contributed by atoms with E-state index in [1.807, 2.05) is 36.6 Å². The maximum atomic E-state index is 12.2. The van der Waals surface area contributed by atoms with Crippen molar-refractivity contribution in [1.82, 2.24) is 0 Å². The molecule has 0 unspecified atom stereocenters. The van der Waals surface area contributed by atoms with E-state index >= 15 is 0 Å². The Morgan fingerprint density at radius 3 is 2.48 bits per heavy atom. The molecule has 0 atom stereocenters. The zero-order chi connectivity index (χ0) is 20.6. The number of hydrogen-bond acceptors (Lipinski definition) is 5. The molecule has 0 spiro atoms. The predicted octanol–water partition coefficient (Wildman–Crippen LogP) is 5.65. The monoisotopic (exact) mass is 427 g/mol. The number of carbonyl (C=O) groups excluding carboxylic acids is 2. The van der Waals surface area contributed by atoms with Crippen molar-refractivity contribution in [2.24, 2.45) is 0 Å². The van der Waals surface area contributed by atoms with Gasteiger partial charge in [-0.25, -0.2) is 4.79 Å². The van der Waals surface area contributed by atoms with Crippen LogP contribution < -0.4 is 10.1 Å². The second kappa shape index (κ2) is 10.0. The third-order valence-electron chi connectivity index (χ3n) is 3.82. The number of ether oxygens (including phenoxy) is 2. The van der Waals surface area contributed by atoms with Crippen LogP contribution in [0.25, 0.3) is 0 Å². The molecule has 3 rings (SSSR count). The van der Waals surface area contributed by atoms with Crippen LogP contribution >= 0.6 is 23.4 Å². The Balaban J connectivity index is 1.57. The summed E-state index contributed by atoms with van der Waals surface area (Å²) in [5, 5.41) is 2.96. The maximum Gasteiger partial charge on any atom is 0.340 e. The number of hydrogen-bond donors (Lipinski definition) is 1. The number of esters is 1. The minimum Gasteiger partial charge on any atom is -0.457 e. The van der Waals surface area contributed by atoms with Crippen LogP contribution in [0.2, 0.25) is 5.02 Å².